The van der Waals surface area contributed by atoms with Crippen LogP contribution in [0.2, 0.25) is 0 Å². The lowest BCUT2D eigenvalue weighted by molar-refractivity contribution is 0.102. The molecule has 0 saturated heterocycles. The molecule has 0 atom stereocenters. The molecule has 1 amide bonds. The summed E-state index contributed by atoms with van der Waals surface area (Å²) >= 11 is 0. The fourth-order valence-electron chi connectivity index (χ4n) is 2.64. The maximum Gasteiger partial charge on any atom is 0.275 e. The first-order valence-electron chi connectivity index (χ1n) is 7.75. The molecule has 3 N–H and O–H groups in total. The number of aromatic nitrogens is 2. The molecule has 1 heterocycles. The summed E-state index contributed by atoms with van der Waals surface area (Å²) in [6, 6.07) is 13.6. The van der Waals surface area contributed by atoms with Gasteiger partial charge >= 0.3 is 0 Å². The Balaban J connectivity index is 1.70. The molecule has 3 aromatic rings. The largest absolute Gasteiger partial charge is 0.399 e. The molecule has 1 aromatic heterocycles. The van der Waals surface area contributed by atoms with E-state index >= 15 is 0 Å². The molecule has 0 aliphatic heterocycles. The van der Waals surface area contributed by atoms with Gasteiger partial charge in [0.2, 0.25) is 0 Å². The molecule has 0 aliphatic carbocycles. The highest BCUT2D eigenvalue weighted by molar-refractivity contribution is 6.02. The van der Waals surface area contributed by atoms with Gasteiger partial charge in [-0.15, -0.1) is 0 Å². The number of amides is 1. The number of anilines is 2. The van der Waals surface area contributed by atoms with Crippen molar-refractivity contribution >= 4 is 17.3 Å². The lowest BCUT2D eigenvalue weighted by atomic mass is 10.1. The molecule has 0 spiro atoms. The fraction of sp³-hybridized carbons (Fsp3) is 0.158. The van der Waals surface area contributed by atoms with Crippen LogP contribution in [0.4, 0.5) is 11.4 Å². The first-order valence-corrected chi connectivity index (χ1v) is 7.75. The molecular formula is C19H20N4O. The second-order valence-electron chi connectivity index (χ2n) is 6.00. The van der Waals surface area contributed by atoms with E-state index in [1.165, 1.54) is 0 Å². The highest BCUT2D eigenvalue weighted by Gasteiger charge is 2.10. The molecular weight excluding hydrogens is 300 g/mol. The third kappa shape index (κ3) is 3.81. The normalized spacial score (nSPS) is 10.6. The highest BCUT2D eigenvalue weighted by Crippen LogP contribution is 2.15. The maximum atomic E-state index is 12.3. The number of nitrogens with one attached hydrogen (secondary N) is 1. The van der Waals surface area contributed by atoms with E-state index < -0.39 is 0 Å². The standard InChI is InChI=1S/C19H20N4O/c1-13-7-14(2)9-17(8-13)22-19(24)18-11-23(12-21-18)10-15-3-5-16(20)6-4-15/h3-9,11-12H,10,20H2,1-2H3,(H,22,24). The summed E-state index contributed by atoms with van der Waals surface area (Å²) in [6.45, 7) is 4.65. The van der Waals surface area contributed by atoms with Crippen molar-refractivity contribution in [3.05, 3.63) is 77.4 Å². The van der Waals surface area contributed by atoms with E-state index in [1.807, 2.05) is 54.8 Å². The van der Waals surface area contributed by atoms with Gasteiger partial charge in [-0.1, -0.05) is 18.2 Å². The zero-order valence-corrected chi connectivity index (χ0v) is 13.8. The van der Waals surface area contributed by atoms with Gasteiger partial charge in [0.15, 0.2) is 0 Å². The molecule has 0 saturated carbocycles. The molecule has 3 rings (SSSR count). The van der Waals surface area contributed by atoms with Crippen molar-refractivity contribution in [2.75, 3.05) is 11.1 Å². The van der Waals surface area contributed by atoms with E-state index in [2.05, 4.69) is 16.4 Å². The van der Waals surface area contributed by atoms with Gasteiger partial charge < -0.3 is 15.6 Å². The molecule has 2 aromatic carbocycles. The summed E-state index contributed by atoms with van der Waals surface area (Å²) in [5.41, 5.74) is 10.9. The van der Waals surface area contributed by atoms with Crippen molar-refractivity contribution in [2.45, 2.75) is 20.4 Å². The Bertz CT molecular complexity index is 845. The van der Waals surface area contributed by atoms with Crippen LogP contribution in [0.1, 0.15) is 27.2 Å². The minimum absolute atomic E-state index is 0.212. The summed E-state index contributed by atoms with van der Waals surface area (Å²) in [7, 11) is 0. The Kier molecular flexibility index (Phi) is 4.33. The maximum absolute atomic E-state index is 12.3. The Morgan fingerprint density at radius 2 is 1.79 bits per heavy atom. The number of hydrogen-bond acceptors (Lipinski definition) is 3. The van der Waals surface area contributed by atoms with Crippen LogP contribution in [0.15, 0.2) is 55.0 Å². The third-order valence-corrected chi connectivity index (χ3v) is 3.69. The van der Waals surface area contributed by atoms with Gasteiger partial charge in [0.25, 0.3) is 5.91 Å². The number of imidazole rings is 1. The minimum Gasteiger partial charge on any atom is -0.399 e. The molecule has 122 valence electrons. The van der Waals surface area contributed by atoms with Crippen LogP contribution in [0.25, 0.3) is 0 Å². The van der Waals surface area contributed by atoms with E-state index in [4.69, 9.17) is 5.73 Å². The minimum atomic E-state index is -0.212. The Hall–Kier alpha value is -3.08. The van der Waals surface area contributed by atoms with Crippen LogP contribution in [0, 0.1) is 13.8 Å². The molecule has 24 heavy (non-hydrogen) atoms. The number of nitrogens with two attached hydrogens (primary N) is 1. The van der Waals surface area contributed by atoms with Gasteiger partial charge in [0.1, 0.15) is 5.69 Å². The van der Waals surface area contributed by atoms with Crippen LogP contribution in [0.5, 0.6) is 0 Å². The zero-order chi connectivity index (χ0) is 17.1. The topological polar surface area (TPSA) is 72.9 Å². The summed E-state index contributed by atoms with van der Waals surface area (Å²) in [5.74, 6) is -0.212. The molecule has 0 bridgehead atoms. The number of aryl methyl sites for hydroxylation is 2. The van der Waals surface area contributed by atoms with Crippen molar-refractivity contribution < 1.29 is 4.79 Å². The van der Waals surface area contributed by atoms with Gasteiger partial charge in [-0.05, 0) is 54.8 Å². The van der Waals surface area contributed by atoms with E-state index in [9.17, 15) is 4.79 Å². The summed E-state index contributed by atoms with van der Waals surface area (Å²) in [5, 5.41) is 2.89. The van der Waals surface area contributed by atoms with Crippen LogP contribution in [-0.2, 0) is 6.54 Å². The average molecular weight is 320 g/mol. The van der Waals surface area contributed by atoms with Crippen molar-refractivity contribution in [1.82, 2.24) is 9.55 Å². The van der Waals surface area contributed by atoms with E-state index in [1.54, 1.807) is 12.5 Å². The summed E-state index contributed by atoms with van der Waals surface area (Å²) in [6.07, 6.45) is 3.40. The lowest BCUT2D eigenvalue weighted by Crippen LogP contribution is -2.12. The van der Waals surface area contributed by atoms with E-state index in [0.29, 0.717) is 12.2 Å². The molecule has 0 unspecified atom stereocenters. The lowest BCUT2D eigenvalue weighted by Gasteiger charge is -2.06. The van der Waals surface area contributed by atoms with E-state index in [-0.39, 0.29) is 5.91 Å². The Morgan fingerprint density at radius 3 is 2.46 bits per heavy atom. The monoisotopic (exact) mass is 320 g/mol. The SMILES string of the molecule is Cc1cc(C)cc(NC(=O)c2cn(Cc3ccc(N)cc3)cn2)c1. The van der Waals surface area contributed by atoms with E-state index in [0.717, 1.165) is 28.1 Å². The third-order valence-electron chi connectivity index (χ3n) is 3.69. The second-order valence-corrected chi connectivity index (χ2v) is 6.00. The Labute approximate surface area is 141 Å². The average Bonchev–Trinajstić information content (AvgIpc) is 2.97. The van der Waals surface area contributed by atoms with Crippen molar-refractivity contribution in [2.24, 2.45) is 0 Å². The number of hydrogen-bond donors (Lipinski definition) is 2. The smallest absolute Gasteiger partial charge is 0.275 e. The van der Waals surface area contributed by atoms with Crippen molar-refractivity contribution in [1.29, 1.82) is 0 Å². The first kappa shape index (κ1) is 15.8. The van der Waals surface area contributed by atoms with Crippen LogP contribution in [-0.4, -0.2) is 15.5 Å². The zero-order valence-electron chi connectivity index (χ0n) is 13.8. The first-order chi connectivity index (χ1) is 11.5. The molecule has 0 radical (unpaired) electrons. The fourth-order valence-corrected chi connectivity index (χ4v) is 2.64. The van der Waals surface area contributed by atoms with Gasteiger partial charge in [0.05, 0.1) is 6.33 Å². The molecule has 5 heteroatoms. The van der Waals surface area contributed by atoms with Gasteiger partial charge in [-0.25, -0.2) is 4.98 Å². The van der Waals surface area contributed by atoms with Crippen molar-refractivity contribution in [3.63, 3.8) is 0 Å². The number of rotatable bonds is 4. The summed E-state index contributed by atoms with van der Waals surface area (Å²) < 4.78 is 1.88. The van der Waals surface area contributed by atoms with Gasteiger partial charge in [-0.3, -0.25) is 4.79 Å². The number of nitrogens with zero attached hydrogens (tertiary/aromatic N) is 2. The highest BCUT2D eigenvalue weighted by atomic mass is 16.1. The quantitative estimate of drug-likeness (QED) is 0.724. The molecule has 0 fully saturated rings. The second kappa shape index (κ2) is 6.58. The van der Waals surface area contributed by atoms with Crippen molar-refractivity contribution in [3.8, 4) is 0 Å². The predicted octanol–water partition coefficient (Wildman–Crippen LogP) is 3.38. The number of nitrogen functional groups attached to an aromatic ring is 1. The van der Waals surface area contributed by atoms with Crippen LogP contribution in [0.3, 0.4) is 0 Å². The number of carbonyl (C=O) groups excluding carboxylic acids is 1. The number of carbonyl (C=O) groups is 1. The van der Waals surface area contributed by atoms with Gasteiger partial charge in [0, 0.05) is 24.1 Å². The Morgan fingerprint density at radius 1 is 1.12 bits per heavy atom. The van der Waals surface area contributed by atoms with Gasteiger partial charge in [-0.2, -0.15) is 0 Å². The summed E-state index contributed by atoms with van der Waals surface area (Å²) in [4.78, 5) is 16.5. The predicted molar refractivity (Wildman–Crippen MR) is 96.1 cm³/mol. The molecule has 0 aliphatic rings. The van der Waals surface area contributed by atoms with Crippen LogP contribution < -0.4 is 11.1 Å². The molecule has 5 nitrogen and oxygen atoms in total. The van der Waals surface area contributed by atoms with Crippen LogP contribution >= 0.6 is 0 Å². The number of benzene rings is 2.